The molecule has 2 N–H and O–H groups in total. The number of rotatable bonds is 4. The quantitative estimate of drug-likeness (QED) is 0.386. The molecule has 0 aliphatic heterocycles. The lowest BCUT2D eigenvalue weighted by Crippen LogP contribution is -2.26. The van der Waals surface area contributed by atoms with Crippen molar-refractivity contribution in [1.29, 1.82) is 0 Å². The van der Waals surface area contributed by atoms with Crippen molar-refractivity contribution >= 4 is 31.4 Å². The second-order valence-electron chi connectivity index (χ2n) is 5.31. The Morgan fingerprint density at radius 2 is 2.10 bits per heavy atom. The summed E-state index contributed by atoms with van der Waals surface area (Å²) in [7, 11) is -1.46. The van der Waals surface area contributed by atoms with E-state index in [2.05, 4.69) is 51.7 Å². The van der Waals surface area contributed by atoms with Gasteiger partial charge in [-0.25, -0.2) is 4.98 Å². The molecular weight excluding hydrogens is 292 g/mol. The number of hydrogen-bond acceptors (Lipinski definition) is 4. The lowest BCUT2D eigenvalue weighted by molar-refractivity contribution is -0.118. The highest BCUT2D eigenvalue weighted by molar-refractivity contribution is 6.83. The summed E-state index contributed by atoms with van der Waals surface area (Å²) in [5, 5.41) is 5.98. The highest BCUT2D eigenvalue weighted by atomic mass is 35.5. The molecule has 0 aliphatic rings. The van der Waals surface area contributed by atoms with Crippen LogP contribution in [0.4, 0.5) is 5.82 Å². The zero-order valence-corrected chi connectivity index (χ0v) is 13.9. The monoisotopic (exact) mass is 310 g/mol. The largest absolute Gasteiger partial charge is 0.367 e. The first-order valence-electron chi connectivity index (χ1n) is 6.32. The van der Waals surface area contributed by atoms with Gasteiger partial charge in [0.15, 0.2) is 0 Å². The summed E-state index contributed by atoms with van der Waals surface area (Å²) >= 11 is 5.80. The first-order valence-corrected chi connectivity index (χ1v) is 10.2. The normalized spacial score (nSPS) is 10.4. The molecule has 1 rings (SSSR count). The number of amides is 1. The van der Waals surface area contributed by atoms with Crippen molar-refractivity contribution in [2.24, 2.45) is 0 Å². The lowest BCUT2D eigenvalue weighted by atomic mass is 10.3. The molecule has 0 radical (unpaired) electrons. The minimum atomic E-state index is -1.46. The Hall–Kier alpha value is -1.58. The zero-order valence-electron chi connectivity index (χ0n) is 12.2. The third-order valence-electron chi connectivity index (χ3n) is 2.12. The topological polar surface area (TPSA) is 66.9 Å². The van der Waals surface area contributed by atoms with E-state index in [0.29, 0.717) is 18.9 Å². The van der Waals surface area contributed by atoms with Crippen molar-refractivity contribution in [2.75, 3.05) is 18.4 Å². The summed E-state index contributed by atoms with van der Waals surface area (Å²) in [6.07, 6.45) is 1.61. The molecule has 5 nitrogen and oxygen atoms in total. The van der Waals surface area contributed by atoms with Crippen molar-refractivity contribution in [3.05, 3.63) is 17.0 Å². The molecule has 1 aromatic rings. The average Bonchev–Trinajstić information content (AvgIpc) is 2.32. The van der Waals surface area contributed by atoms with Crippen LogP contribution in [-0.4, -0.2) is 37.0 Å². The van der Waals surface area contributed by atoms with Gasteiger partial charge in [-0.15, -0.1) is 5.54 Å². The Kier molecular flexibility index (Phi) is 5.98. The van der Waals surface area contributed by atoms with Crippen LogP contribution in [0.1, 0.15) is 12.5 Å². The van der Waals surface area contributed by atoms with Crippen LogP contribution in [0.3, 0.4) is 0 Å². The molecule has 20 heavy (non-hydrogen) atoms. The molecule has 0 aliphatic carbocycles. The van der Waals surface area contributed by atoms with Crippen molar-refractivity contribution < 1.29 is 4.79 Å². The second kappa shape index (κ2) is 7.27. The molecule has 1 aromatic heterocycles. The third kappa shape index (κ3) is 6.54. The van der Waals surface area contributed by atoms with Crippen LogP contribution in [0.5, 0.6) is 0 Å². The van der Waals surface area contributed by atoms with Gasteiger partial charge in [-0.2, -0.15) is 4.98 Å². The Morgan fingerprint density at radius 1 is 1.40 bits per heavy atom. The molecule has 0 spiro atoms. The molecule has 7 heteroatoms. The van der Waals surface area contributed by atoms with E-state index in [4.69, 9.17) is 11.6 Å². The molecule has 0 atom stereocenters. The fourth-order valence-corrected chi connectivity index (χ4v) is 1.90. The van der Waals surface area contributed by atoms with Gasteiger partial charge in [0.05, 0.1) is 5.56 Å². The fraction of sp³-hybridized carbons (Fsp3) is 0.462. The third-order valence-corrected chi connectivity index (χ3v) is 3.18. The molecule has 0 bridgehead atoms. The zero-order chi connectivity index (χ0) is 15.2. The molecule has 0 saturated carbocycles. The van der Waals surface area contributed by atoms with Gasteiger partial charge in [-0.3, -0.25) is 4.79 Å². The number of carbonyl (C=O) groups is 1. The summed E-state index contributed by atoms with van der Waals surface area (Å²) in [6.45, 7) is 9.04. The average molecular weight is 311 g/mol. The van der Waals surface area contributed by atoms with Crippen LogP contribution >= 0.6 is 11.6 Å². The van der Waals surface area contributed by atoms with E-state index in [0.717, 1.165) is 5.56 Å². The summed E-state index contributed by atoms with van der Waals surface area (Å²) in [5.74, 6) is 3.64. The van der Waals surface area contributed by atoms with Gasteiger partial charge in [0.2, 0.25) is 11.2 Å². The lowest BCUT2D eigenvalue weighted by Gasteiger charge is -2.09. The van der Waals surface area contributed by atoms with E-state index in [9.17, 15) is 4.79 Å². The Bertz CT molecular complexity index is 546. The first-order chi connectivity index (χ1) is 9.28. The minimum Gasteiger partial charge on any atom is -0.367 e. The smallest absolute Gasteiger partial charge is 0.224 e. The van der Waals surface area contributed by atoms with E-state index < -0.39 is 8.07 Å². The van der Waals surface area contributed by atoms with E-state index in [1.165, 1.54) is 6.92 Å². The molecule has 1 heterocycles. The number of hydrogen-bond donors (Lipinski definition) is 2. The Balaban J connectivity index is 2.79. The SMILES string of the molecule is CC(=O)NCCNc1nc(Cl)ncc1C#C[Si](C)(C)C. The van der Waals surface area contributed by atoms with Crippen molar-refractivity contribution in [1.82, 2.24) is 15.3 Å². The van der Waals surface area contributed by atoms with Crippen LogP contribution in [0.2, 0.25) is 24.9 Å². The summed E-state index contributed by atoms with van der Waals surface area (Å²) in [4.78, 5) is 18.9. The van der Waals surface area contributed by atoms with Gasteiger partial charge in [0, 0.05) is 26.2 Å². The Labute approximate surface area is 125 Å². The minimum absolute atomic E-state index is 0.0636. The standard InChI is InChI=1S/C13H19ClN4OSi/c1-10(19)15-6-7-16-12-11(5-8-20(2,3)4)9-17-13(14)18-12/h9H,6-7H2,1-4H3,(H,15,19)(H,16,17,18). The van der Waals surface area contributed by atoms with Gasteiger partial charge >= 0.3 is 0 Å². The van der Waals surface area contributed by atoms with Gasteiger partial charge in [-0.05, 0) is 11.6 Å². The molecule has 108 valence electrons. The summed E-state index contributed by atoms with van der Waals surface area (Å²) in [5.41, 5.74) is 3.98. The number of aromatic nitrogens is 2. The highest BCUT2D eigenvalue weighted by Gasteiger charge is 2.09. The Morgan fingerprint density at radius 3 is 2.70 bits per heavy atom. The maximum absolute atomic E-state index is 10.8. The van der Waals surface area contributed by atoms with E-state index >= 15 is 0 Å². The maximum atomic E-state index is 10.8. The van der Waals surface area contributed by atoms with Gasteiger partial charge < -0.3 is 10.6 Å². The van der Waals surface area contributed by atoms with Gasteiger partial charge in [0.1, 0.15) is 13.9 Å². The van der Waals surface area contributed by atoms with Gasteiger partial charge in [-0.1, -0.05) is 25.6 Å². The number of nitrogens with zero attached hydrogens (tertiary/aromatic N) is 2. The fourth-order valence-electron chi connectivity index (χ4n) is 1.26. The van der Waals surface area contributed by atoms with E-state index in [-0.39, 0.29) is 11.2 Å². The number of anilines is 1. The molecule has 1 amide bonds. The maximum Gasteiger partial charge on any atom is 0.224 e. The summed E-state index contributed by atoms with van der Waals surface area (Å²) < 4.78 is 0. The van der Waals surface area contributed by atoms with E-state index in [1.807, 2.05) is 0 Å². The van der Waals surface area contributed by atoms with Crippen molar-refractivity contribution in [3.8, 4) is 11.5 Å². The van der Waals surface area contributed by atoms with Crippen LogP contribution < -0.4 is 10.6 Å². The number of carbonyl (C=O) groups excluding carboxylic acids is 1. The predicted octanol–water partition coefficient (Wildman–Crippen LogP) is 1.91. The number of nitrogens with one attached hydrogen (secondary N) is 2. The predicted molar refractivity (Wildman–Crippen MR) is 84.4 cm³/mol. The second-order valence-corrected chi connectivity index (χ2v) is 10.4. The highest BCUT2D eigenvalue weighted by Crippen LogP contribution is 2.13. The number of halogens is 1. The van der Waals surface area contributed by atoms with Crippen LogP contribution in [0, 0.1) is 11.5 Å². The molecule has 0 fully saturated rings. The molecule has 0 unspecified atom stereocenters. The molecule has 0 aromatic carbocycles. The van der Waals surface area contributed by atoms with Crippen LogP contribution in [0.25, 0.3) is 0 Å². The van der Waals surface area contributed by atoms with Crippen LogP contribution in [-0.2, 0) is 4.79 Å². The van der Waals surface area contributed by atoms with Crippen molar-refractivity contribution in [2.45, 2.75) is 26.6 Å². The van der Waals surface area contributed by atoms with E-state index in [1.54, 1.807) is 6.20 Å². The summed E-state index contributed by atoms with van der Waals surface area (Å²) in [6, 6.07) is 0. The van der Waals surface area contributed by atoms with Gasteiger partial charge in [0.25, 0.3) is 0 Å². The first kappa shape index (κ1) is 16.5. The molecule has 0 saturated heterocycles. The van der Waals surface area contributed by atoms with Crippen LogP contribution in [0.15, 0.2) is 6.20 Å². The molecular formula is C13H19ClN4OSi. The van der Waals surface area contributed by atoms with Crippen molar-refractivity contribution in [3.63, 3.8) is 0 Å².